The first-order valence-corrected chi connectivity index (χ1v) is 6.15. The van der Waals surface area contributed by atoms with Crippen LogP contribution in [0.3, 0.4) is 0 Å². The number of hydrogen-bond acceptors (Lipinski definition) is 3. The van der Waals surface area contributed by atoms with Gasteiger partial charge < -0.3 is 4.74 Å². The maximum atomic E-state index is 5.86. The molecule has 3 atom stereocenters. The molecule has 0 saturated heterocycles. The monoisotopic (exact) mass is 216 g/mol. The van der Waals surface area contributed by atoms with Gasteiger partial charge in [0.15, 0.2) is 0 Å². The van der Waals surface area contributed by atoms with Crippen molar-refractivity contribution >= 4 is 0 Å². The van der Waals surface area contributed by atoms with E-state index in [1.807, 2.05) is 6.92 Å². The zero-order valence-electron chi connectivity index (χ0n) is 11.0. The van der Waals surface area contributed by atoms with Gasteiger partial charge in [0.1, 0.15) is 0 Å². The third-order valence-corrected chi connectivity index (χ3v) is 3.33. The van der Waals surface area contributed by atoms with Crippen molar-refractivity contribution in [3.05, 3.63) is 0 Å². The summed E-state index contributed by atoms with van der Waals surface area (Å²) in [5, 5.41) is 0. The minimum Gasteiger partial charge on any atom is -0.374 e. The summed E-state index contributed by atoms with van der Waals surface area (Å²) < 4.78 is 5.86. The fourth-order valence-corrected chi connectivity index (χ4v) is 2.31. The lowest BCUT2D eigenvalue weighted by Crippen LogP contribution is -2.56. The van der Waals surface area contributed by atoms with Gasteiger partial charge in [-0.1, -0.05) is 27.2 Å². The molecular weight excluding hydrogens is 188 g/mol. The van der Waals surface area contributed by atoms with E-state index >= 15 is 0 Å². The highest BCUT2D eigenvalue weighted by atomic mass is 16.5. The van der Waals surface area contributed by atoms with E-state index in [2.05, 4.69) is 33.1 Å². The zero-order chi connectivity index (χ0) is 11.9. The number of rotatable bonds is 8. The summed E-state index contributed by atoms with van der Waals surface area (Å²) in [6, 6.07) is 0.224. The van der Waals surface area contributed by atoms with E-state index in [4.69, 9.17) is 10.6 Å². The van der Waals surface area contributed by atoms with Crippen LogP contribution in [-0.4, -0.2) is 18.2 Å². The maximum Gasteiger partial charge on any atom is 0.0820 e. The number of nitrogens with one attached hydrogen (secondary N) is 1. The highest BCUT2D eigenvalue weighted by Gasteiger charge is 2.35. The molecule has 15 heavy (non-hydrogen) atoms. The molecular formula is C12H28N2O. The molecule has 0 saturated carbocycles. The summed E-state index contributed by atoms with van der Waals surface area (Å²) in [4.78, 5) is 0. The molecule has 0 aromatic carbocycles. The molecule has 0 amide bonds. The molecule has 0 rings (SSSR count). The van der Waals surface area contributed by atoms with Gasteiger partial charge in [0.2, 0.25) is 0 Å². The molecule has 0 heterocycles. The fraction of sp³-hybridized carbons (Fsp3) is 1.00. The van der Waals surface area contributed by atoms with Gasteiger partial charge in [0, 0.05) is 6.61 Å². The summed E-state index contributed by atoms with van der Waals surface area (Å²) in [5.74, 6) is 6.20. The second-order valence-corrected chi connectivity index (χ2v) is 4.51. The van der Waals surface area contributed by atoms with Gasteiger partial charge in [-0.05, 0) is 32.6 Å². The van der Waals surface area contributed by atoms with Crippen molar-refractivity contribution in [3.8, 4) is 0 Å². The van der Waals surface area contributed by atoms with Gasteiger partial charge in [-0.15, -0.1) is 0 Å². The van der Waals surface area contributed by atoms with Gasteiger partial charge in [-0.2, -0.15) is 0 Å². The number of ether oxygens (including phenoxy) is 1. The Morgan fingerprint density at radius 2 is 1.93 bits per heavy atom. The summed E-state index contributed by atoms with van der Waals surface area (Å²) in [7, 11) is 0. The van der Waals surface area contributed by atoms with Gasteiger partial charge >= 0.3 is 0 Å². The lowest BCUT2D eigenvalue weighted by Gasteiger charge is -2.39. The van der Waals surface area contributed by atoms with E-state index in [0.29, 0.717) is 5.92 Å². The molecule has 0 spiro atoms. The molecule has 3 unspecified atom stereocenters. The summed E-state index contributed by atoms with van der Waals surface area (Å²) in [5.41, 5.74) is 2.78. The van der Waals surface area contributed by atoms with Crippen molar-refractivity contribution in [2.45, 2.75) is 65.5 Å². The Morgan fingerprint density at radius 1 is 1.33 bits per heavy atom. The predicted molar refractivity (Wildman–Crippen MR) is 65.5 cm³/mol. The van der Waals surface area contributed by atoms with E-state index in [-0.39, 0.29) is 11.6 Å². The molecule has 0 radical (unpaired) electrons. The molecule has 0 aromatic heterocycles. The number of hydrogen-bond donors (Lipinski definition) is 2. The first kappa shape index (κ1) is 14.9. The van der Waals surface area contributed by atoms with Crippen molar-refractivity contribution in [1.29, 1.82) is 0 Å². The van der Waals surface area contributed by atoms with E-state index in [1.54, 1.807) is 0 Å². The molecule has 3 N–H and O–H groups in total. The number of nitrogens with two attached hydrogens (primary N) is 1. The Labute approximate surface area is 94.7 Å². The largest absolute Gasteiger partial charge is 0.374 e. The van der Waals surface area contributed by atoms with Crippen molar-refractivity contribution < 1.29 is 4.74 Å². The van der Waals surface area contributed by atoms with E-state index in [0.717, 1.165) is 13.0 Å². The molecule has 0 aliphatic heterocycles. The van der Waals surface area contributed by atoms with Gasteiger partial charge in [0.05, 0.1) is 11.6 Å². The lowest BCUT2D eigenvalue weighted by atomic mass is 9.83. The van der Waals surface area contributed by atoms with Crippen LogP contribution < -0.4 is 11.3 Å². The predicted octanol–water partition coefficient (Wildman–Crippen LogP) is 2.46. The average Bonchev–Trinajstić information content (AvgIpc) is 2.19. The van der Waals surface area contributed by atoms with Crippen LogP contribution in [0.25, 0.3) is 0 Å². The molecule has 0 fully saturated rings. The van der Waals surface area contributed by atoms with E-state index in [1.165, 1.54) is 12.8 Å². The standard InChI is InChI=1S/C12H28N2O/c1-6-9-10(4)11(14-13)12(5,7-2)15-8-3/h10-11,14H,6-9,13H2,1-5H3. The SMILES string of the molecule is CCCC(C)C(NN)C(C)(CC)OCC. The molecule has 0 aromatic rings. The normalized spacial score (nSPS) is 19.6. The topological polar surface area (TPSA) is 47.3 Å². The Kier molecular flexibility index (Phi) is 7.14. The van der Waals surface area contributed by atoms with Crippen LogP contribution in [0.4, 0.5) is 0 Å². The van der Waals surface area contributed by atoms with Crippen LogP contribution in [0.5, 0.6) is 0 Å². The summed E-state index contributed by atoms with van der Waals surface area (Å²) in [6.45, 7) is 11.5. The molecule has 3 nitrogen and oxygen atoms in total. The molecule has 0 aliphatic rings. The van der Waals surface area contributed by atoms with Gasteiger partial charge in [-0.3, -0.25) is 11.3 Å². The zero-order valence-corrected chi connectivity index (χ0v) is 11.0. The quantitative estimate of drug-likeness (QED) is 0.484. The molecule has 92 valence electrons. The molecule has 0 bridgehead atoms. The smallest absolute Gasteiger partial charge is 0.0820 e. The Bertz CT molecular complexity index is 164. The summed E-state index contributed by atoms with van der Waals surface area (Å²) >= 11 is 0. The first-order chi connectivity index (χ1) is 7.05. The van der Waals surface area contributed by atoms with Crippen LogP contribution in [-0.2, 0) is 4.74 Å². The maximum absolute atomic E-state index is 5.86. The Morgan fingerprint density at radius 3 is 2.27 bits per heavy atom. The van der Waals surface area contributed by atoms with Crippen LogP contribution >= 0.6 is 0 Å². The van der Waals surface area contributed by atoms with Crippen molar-refractivity contribution in [1.82, 2.24) is 5.43 Å². The van der Waals surface area contributed by atoms with Crippen molar-refractivity contribution in [2.24, 2.45) is 11.8 Å². The summed E-state index contributed by atoms with van der Waals surface area (Å²) in [6.07, 6.45) is 3.34. The minimum atomic E-state index is -0.155. The van der Waals surface area contributed by atoms with Crippen LogP contribution in [0.2, 0.25) is 0 Å². The highest BCUT2D eigenvalue weighted by Crippen LogP contribution is 2.27. The second kappa shape index (κ2) is 7.20. The highest BCUT2D eigenvalue weighted by molar-refractivity contribution is 4.90. The van der Waals surface area contributed by atoms with E-state index < -0.39 is 0 Å². The average molecular weight is 216 g/mol. The molecule has 0 aliphatic carbocycles. The lowest BCUT2D eigenvalue weighted by molar-refractivity contribution is -0.0684. The van der Waals surface area contributed by atoms with Crippen LogP contribution in [0.15, 0.2) is 0 Å². The van der Waals surface area contributed by atoms with Crippen molar-refractivity contribution in [2.75, 3.05) is 6.61 Å². The van der Waals surface area contributed by atoms with Gasteiger partial charge in [0.25, 0.3) is 0 Å². The van der Waals surface area contributed by atoms with Crippen LogP contribution in [0, 0.1) is 5.92 Å². The minimum absolute atomic E-state index is 0.155. The van der Waals surface area contributed by atoms with Gasteiger partial charge in [-0.25, -0.2) is 0 Å². The third kappa shape index (κ3) is 4.09. The third-order valence-electron chi connectivity index (χ3n) is 3.33. The number of hydrazine groups is 1. The van der Waals surface area contributed by atoms with E-state index in [9.17, 15) is 0 Å². The Hall–Kier alpha value is -0.120. The van der Waals surface area contributed by atoms with Crippen LogP contribution in [0.1, 0.15) is 53.9 Å². The van der Waals surface area contributed by atoms with Crippen molar-refractivity contribution in [3.63, 3.8) is 0 Å². The molecule has 3 heteroatoms. The second-order valence-electron chi connectivity index (χ2n) is 4.51. The Balaban J connectivity index is 4.58. The first-order valence-electron chi connectivity index (χ1n) is 6.15. The fourth-order valence-electron chi connectivity index (χ4n) is 2.31.